The van der Waals surface area contributed by atoms with Crippen molar-refractivity contribution in [2.24, 2.45) is 5.73 Å². The fourth-order valence-electron chi connectivity index (χ4n) is 1.55. The van der Waals surface area contributed by atoms with Crippen LogP contribution in [0.2, 0.25) is 0 Å². The first-order chi connectivity index (χ1) is 6.74. The molecule has 1 heterocycles. The molecule has 1 rings (SSSR count). The lowest BCUT2D eigenvalue weighted by Gasteiger charge is -2.18. The van der Waals surface area contributed by atoms with Gasteiger partial charge in [-0.1, -0.05) is 26.0 Å². The lowest BCUT2D eigenvalue weighted by Crippen LogP contribution is -2.20. The Kier molecular flexibility index (Phi) is 4.30. The normalized spacial score (nSPS) is 21.1. The van der Waals surface area contributed by atoms with Gasteiger partial charge in [0.05, 0.1) is 0 Å². The van der Waals surface area contributed by atoms with Crippen LogP contribution in [0.4, 0.5) is 0 Å². The van der Waals surface area contributed by atoms with Crippen LogP contribution in [0.1, 0.15) is 32.6 Å². The van der Waals surface area contributed by atoms with Gasteiger partial charge in [-0.25, -0.2) is 0 Å². The van der Waals surface area contributed by atoms with Crippen LogP contribution in [0.5, 0.6) is 0 Å². The molecule has 0 aromatic rings. The van der Waals surface area contributed by atoms with E-state index >= 15 is 0 Å². The van der Waals surface area contributed by atoms with E-state index < -0.39 is 0 Å². The lowest BCUT2D eigenvalue weighted by atomic mass is 10.0. The topological polar surface area (TPSA) is 38.0 Å². The van der Waals surface area contributed by atoms with Gasteiger partial charge in [0, 0.05) is 17.9 Å². The Bertz CT molecular complexity index is 261. The van der Waals surface area contributed by atoms with Gasteiger partial charge in [0.15, 0.2) is 0 Å². The van der Waals surface area contributed by atoms with Gasteiger partial charge in [-0.2, -0.15) is 0 Å². The molecule has 0 aromatic heterocycles. The van der Waals surface area contributed by atoms with E-state index in [1.165, 1.54) is 12.0 Å². The second-order valence-electron chi connectivity index (χ2n) is 3.69. The minimum Gasteiger partial charge on any atom is -0.402 e. The molecule has 0 saturated carbocycles. The van der Waals surface area contributed by atoms with Crippen LogP contribution in [0.3, 0.4) is 0 Å². The van der Waals surface area contributed by atoms with Crippen molar-refractivity contribution < 1.29 is 0 Å². The Morgan fingerprint density at radius 3 is 3.07 bits per heavy atom. The van der Waals surface area contributed by atoms with Gasteiger partial charge in [-0.15, -0.1) is 0 Å². The zero-order valence-corrected chi connectivity index (χ0v) is 8.97. The van der Waals surface area contributed by atoms with Crippen molar-refractivity contribution in [2.75, 3.05) is 6.54 Å². The van der Waals surface area contributed by atoms with E-state index in [0.29, 0.717) is 0 Å². The fourth-order valence-corrected chi connectivity index (χ4v) is 1.55. The summed E-state index contributed by atoms with van der Waals surface area (Å²) >= 11 is 0. The highest BCUT2D eigenvalue weighted by molar-refractivity contribution is 5.32. The summed E-state index contributed by atoms with van der Waals surface area (Å²) < 4.78 is 0. The zero-order chi connectivity index (χ0) is 10.4. The van der Waals surface area contributed by atoms with E-state index in [1.54, 1.807) is 0 Å². The van der Waals surface area contributed by atoms with Crippen molar-refractivity contribution in [3.8, 4) is 0 Å². The van der Waals surface area contributed by atoms with Crippen LogP contribution in [0.25, 0.3) is 0 Å². The average Bonchev–Trinajstić information content (AvgIpc) is 2.17. The Labute approximate surface area is 86.6 Å². The van der Waals surface area contributed by atoms with Crippen molar-refractivity contribution in [2.45, 2.75) is 32.6 Å². The van der Waals surface area contributed by atoms with E-state index in [4.69, 9.17) is 5.73 Å². The van der Waals surface area contributed by atoms with Crippen molar-refractivity contribution in [1.29, 1.82) is 0 Å². The van der Waals surface area contributed by atoms with Gasteiger partial charge in [-0.3, -0.25) is 0 Å². The zero-order valence-electron chi connectivity index (χ0n) is 8.97. The van der Waals surface area contributed by atoms with Gasteiger partial charge in [-0.05, 0) is 30.9 Å². The van der Waals surface area contributed by atoms with E-state index in [-0.39, 0.29) is 0 Å². The van der Waals surface area contributed by atoms with Crippen molar-refractivity contribution >= 4 is 0 Å². The van der Waals surface area contributed by atoms with E-state index in [0.717, 1.165) is 37.2 Å². The second kappa shape index (κ2) is 5.53. The molecule has 0 radical (unpaired) electrons. The van der Waals surface area contributed by atoms with Crippen LogP contribution in [0, 0.1) is 0 Å². The molecular weight excluding hydrogens is 172 g/mol. The Hall–Kier alpha value is -1.18. The third-order valence-electron chi connectivity index (χ3n) is 2.39. The molecule has 0 aromatic carbocycles. The van der Waals surface area contributed by atoms with Gasteiger partial charge in [0.2, 0.25) is 0 Å². The molecule has 2 nitrogen and oxygen atoms in total. The van der Waals surface area contributed by atoms with Gasteiger partial charge in [0.1, 0.15) is 0 Å². The number of hydrogen-bond acceptors (Lipinski definition) is 2. The molecule has 14 heavy (non-hydrogen) atoms. The number of allylic oxidation sites excluding steroid dienone is 4. The maximum absolute atomic E-state index is 5.81. The molecule has 0 aliphatic carbocycles. The molecule has 0 atom stereocenters. The quantitative estimate of drug-likeness (QED) is 0.721. The highest BCUT2D eigenvalue weighted by Gasteiger charge is 2.06. The predicted octanol–water partition coefficient (Wildman–Crippen LogP) is 2.45. The summed E-state index contributed by atoms with van der Waals surface area (Å²) in [7, 11) is 0. The highest BCUT2D eigenvalue weighted by Crippen LogP contribution is 2.17. The summed E-state index contributed by atoms with van der Waals surface area (Å²) in [6.07, 6.45) is 8.49. The molecule has 3 N–H and O–H groups in total. The molecule has 0 unspecified atom stereocenters. The van der Waals surface area contributed by atoms with E-state index in [9.17, 15) is 0 Å². The minimum atomic E-state index is 0.957. The first-order valence-corrected chi connectivity index (χ1v) is 5.32. The fraction of sp³-hybridized carbons (Fsp3) is 0.500. The summed E-state index contributed by atoms with van der Waals surface area (Å²) in [5.41, 5.74) is 9.11. The maximum Gasteiger partial charge on any atom is 0.0299 e. The van der Waals surface area contributed by atoms with Gasteiger partial charge < -0.3 is 11.1 Å². The van der Waals surface area contributed by atoms with Crippen LogP contribution in [0.15, 0.2) is 35.7 Å². The van der Waals surface area contributed by atoms with Crippen LogP contribution < -0.4 is 11.1 Å². The van der Waals surface area contributed by atoms with E-state index in [2.05, 4.69) is 24.9 Å². The number of hydrogen-bond donors (Lipinski definition) is 2. The third-order valence-corrected chi connectivity index (χ3v) is 2.39. The SMILES string of the molecule is C=C1NCCC/C1=C/C=C(\N)CCC. The largest absolute Gasteiger partial charge is 0.402 e. The molecule has 78 valence electrons. The monoisotopic (exact) mass is 192 g/mol. The number of nitrogens with two attached hydrogens (primary N) is 1. The first kappa shape index (κ1) is 10.9. The second-order valence-corrected chi connectivity index (χ2v) is 3.69. The van der Waals surface area contributed by atoms with Crippen molar-refractivity contribution in [1.82, 2.24) is 5.32 Å². The molecule has 0 spiro atoms. The Morgan fingerprint density at radius 1 is 1.64 bits per heavy atom. The summed E-state index contributed by atoms with van der Waals surface area (Å²) in [5.74, 6) is 0. The smallest absolute Gasteiger partial charge is 0.0299 e. The minimum absolute atomic E-state index is 0.957. The molecular formula is C12H20N2. The highest BCUT2D eigenvalue weighted by atomic mass is 14.9. The molecule has 1 saturated heterocycles. The van der Waals surface area contributed by atoms with Crippen LogP contribution in [-0.4, -0.2) is 6.54 Å². The molecule has 2 heteroatoms. The van der Waals surface area contributed by atoms with E-state index in [1.807, 2.05) is 6.08 Å². The average molecular weight is 192 g/mol. The Balaban J connectivity index is 2.57. The van der Waals surface area contributed by atoms with Gasteiger partial charge in [0.25, 0.3) is 0 Å². The Morgan fingerprint density at radius 2 is 2.43 bits per heavy atom. The number of piperidine rings is 1. The van der Waals surface area contributed by atoms with Gasteiger partial charge >= 0.3 is 0 Å². The molecule has 1 fully saturated rings. The standard InChI is InChI=1S/C12H20N2/c1-3-5-12(13)8-7-11-6-4-9-14-10(11)2/h7-8,14H,2-6,9,13H2,1H3/b11-7-,12-8-. The summed E-state index contributed by atoms with van der Waals surface area (Å²) in [4.78, 5) is 0. The number of nitrogens with one attached hydrogen (secondary N) is 1. The van der Waals surface area contributed by atoms with Crippen molar-refractivity contribution in [3.63, 3.8) is 0 Å². The molecule has 1 aliphatic rings. The maximum atomic E-state index is 5.81. The summed E-state index contributed by atoms with van der Waals surface area (Å²) in [5, 5.41) is 3.25. The first-order valence-electron chi connectivity index (χ1n) is 5.32. The molecule has 1 aliphatic heterocycles. The third kappa shape index (κ3) is 3.29. The lowest BCUT2D eigenvalue weighted by molar-refractivity contribution is 0.671. The van der Waals surface area contributed by atoms with Crippen LogP contribution >= 0.6 is 0 Å². The van der Waals surface area contributed by atoms with Crippen LogP contribution in [-0.2, 0) is 0 Å². The molecule has 0 amide bonds. The number of rotatable bonds is 3. The summed E-state index contributed by atoms with van der Waals surface area (Å²) in [6, 6.07) is 0. The van der Waals surface area contributed by atoms with Crippen molar-refractivity contribution in [3.05, 3.63) is 35.7 Å². The molecule has 0 bridgehead atoms. The predicted molar refractivity (Wildman–Crippen MR) is 61.6 cm³/mol. The summed E-state index contributed by atoms with van der Waals surface area (Å²) in [6.45, 7) is 7.15.